The minimum absolute atomic E-state index is 0.0470. The van der Waals surface area contributed by atoms with Gasteiger partial charge in [0.05, 0.1) is 0 Å². The molecule has 0 aromatic carbocycles. The highest BCUT2D eigenvalue weighted by Gasteiger charge is 2.26. The summed E-state index contributed by atoms with van der Waals surface area (Å²) in [5, 5.41) is 13.6. The molecule has 0 bridgehead atoms. The van der Waals surface area contributed by atoms with Gasteiger partial charge >= 0.3 is 0 Å². The molecule has 42 heavy (non-hydrogen) atoms. The Morgan fingerprint density at radius 2 is 0.738 bits per heavy atom. The zero-order chi connectivity index (χ0) is 30.8. The van der Waals surface area contributed by atoms with Crippen LogP contribution in [-0.4, -0.2) is 23.3 Å². The molecule has 4 N–H and O–H groups in total. The molecule has 0 rings (SSSR count). The molecule has 0 saturated carbocycles. The molecule has 0 fully saturated rings. The smallest absolute Gasteiger partial charge is 0.222 e. The summed E-state index contributed by atoms with van der Waals surface area (Å²) in [7, 11) is 0. The van der Waals surface area contributed by atoms with E-state index in [0.717, 1.165) is 25.7 Å². The lowest BCUT2D eigenvalue weighted by molar-refractivity contribution is -0.129. The van der Waals surface area contributed by atoms with Crippen LogP contribution in [-0.2, 0) is 4.79 Å². The van der Waals surface area contributed by atoms with Gasteiger partial charge in [0.2, 0.25) is 5.91 Å². The van der Waals surface area contributed by atoms with Crippen LogP contribution in [0.2, 0.25) is 0 Å². The van der Waals surface area contributed by atoms with Gasteiger partial charge in [-0.2, -0.15) is 0 Å². The van der Waals surface area contributed by atoms with Crippen LogP contribution in [0.25, 0.3) is 0 Å². The van der Waals surface area contributed by atoms with E-state index in [9.17, 15) is 9.90 Å². The Bertz CT molecular complexity index is 541. The molecule has 1 unspecified atom stereocenters. The van der Waals surface area contributed by atoms with Crippen LogP contribution in [0.4, 0.5) is 0 Å². The minimum Gasteiger partial charge on any atom is -0.370 e. The molecule has 4 nitrogen and oxygen atoms in total. The third kappa shape index (κ3) is 30.8. The van der Waals surface area contributed by atoms with Crippen molar-refractivity contribution < 1.29 is 9.90 Å². The summed E-state index contributed by atoms with van der Waals surface area (Å²) in [4.78, 5) is 12.4. The monoisotopic (exact) mass is 595 g/mol. The van der Waals surface area contributed by atoms with Crippen LogP contribution < -0.4 is 11.1 Å². The Kier molecular flexibility index (Phi) is 32.8. The summed E-state index contributed by atoms with van der Waals surface area (Å²) in [6.07, 6.45) is 42.2. The summed E-state index contributed by atoms with van der Waals surface area (Å²) in [5.74, 6) is -0.0470. The minimum atomic E-state index is -1.23. The van der Waals surface area contributed by atoms with E-state index < -0.39 is 5.72 Å². The second-order valence-corrected chi connectivity index (χ2v) is 13.5. The summed E-state index contributed by atoms with van der Waals surface area (Å²) in [5.41, 5.74) is 4.61. The molecule has 0 aliphatic rings. The molecule has 0 aromatic rings. The Morgan fingerprint density at radius 3 is 1.02 bits per heavy atom. The van der Waals surface area contributed by atoms with E-state index in [-0.39, 0.29) is 12.5 Å². The van der Waals surface area contributed by atoms with Crippen molar-refractivity contribution >= 4 is 5.91 Å². The first-order valence-electron chi connectivity index (χ1n) is 19.3. The average Bonchev–Trinajstić information content (AvgIpc) is 2.99. The number of nitrogens with one attached hydrogen (secondary N) is 1. The van der Waals surface area contributed by atoms with Crippen molar-refractivity contribution in [2.75, 3.05) is 6.54 Å². The zero-order valence-electron chi connectivity index (χ0n) is 29.0. The van der Waals surface area contributed by atoms with Crippen molar-refractivity contribution in [1.29, 1.82) is 0 Å². The number of rotatable bonds is 35. The lowest BCUT2D eigenvalue weighted by atomic mass is 10.0. The molecule has 4 heteroatoms. The van der Waals surface area contributed by atoms with Crippen molar-refractivity contribution in [1.82, 2.24) is 5.32 Å². The van der Waals surface area contributed by atoms with Crippen LogP contribution in [0, 0.1) is 0 Å². The molecular formula is C38H78N2O2. The fraction of sp³-hybridized carbons (Fsp3) is 0.974. The molecule has 1 atom stereocenters. The summed E-state index contributed by atoms with van der Waals surface area (Å²) >= 11 is 0. The third-order valence-corrected chi connectivity index (χ3v) is 9.16. The number of aliphatic hydroxyl groups is 1. The predicted molar refractivity (Wildman–Crippen MR) is 186 cm³/mol. The summed E-state index contributed by atoms with van der Waals surface area (Å²) in [6.45, 7) is 4.66. The van der Waals surface area contributed by atoms with Gasteiger partial charge in [-0.05, 0) is 19.3 Å². The number of carbonyl (C=O) groups is 1. The fourth-order valence-corrected chi connectivity index (χ4v) is 6.16. The molecule has 252 valence electrons. The van der Waals surface area contributed by atoms with Gasteiger partial charge in [-0.15, -0.1) is 0 Å². The average molecular weight is 595 g/mol. The fourth-order valence-electron chi connectivity index (χ4n) is 6.16. The van der Waals surface area contributed by atoms with Gasteiger partial charge < -0.3 is 16.2 Å². The first-order chi connectivity index (χ1) is 20.6. The van der Waals surface area contributed by atoms with E-state index in [1.54, 1.807) is 0 Å². The highest BCUT2D eigenvalue weighted by atomic mass is 16.3. The summed E-state index contributed by atoms with van der Waals surface area (Å²) < 4.78 is 0. The number of hydrogen-bond acceptors (Lipinski definition) is 3. The maximum atomic E-state index is 12.4. The van der Waals surface area contributed by atoms with E-state index >= 15 is 0 Å². The highest BCUT2D eigenvalue weighted by molar-refractivity contribution is 5.76. The largest absolute Gasteiger partial charge is 0.370 e. The van der Waals surface area contributed by atoms with Gasteiger partial charge in [0.15, 0.2) is 0 Å². The zero-order valence-corrected chi connectivity index (χ0v) is 29.0. The van der Waals surface area contributed by atoms with Gasteiger partial charge in [0, 0.05) is 13.0 Å². The molecule has 0 spiro atoms. The number of carbonyl (C=O) groups excluding carboxylic acids is 1. The highest BCUT2D eigenvalue weighted by Crippen LogP contribution is 2.17. The van der Waals surface area contributed by atoms with Crippen LogP contribution >= 0.6 is 0 Å². The lowest BCUT2D eigenvalue weighted by Gasteiger charge is -2.28. The maximum Gasteiger partial charge on any atom is 0.222 e. The number of amides is 1. The molecule has 0 aliphatic carbocycles. The van der Waals surface area contributed by atoms with Gasteiger partial charge in [-0.3, -0.25) is 4.79 Å². The SMILES string of the molecule is CCCCCCCCCCCCCCCCCCCC(=O)NC(O)(CN)CCCCCCCCCCCCCCCC. The number of hydrogen-bond donors (Lipinski definition) is 3. The van der Waals surface area contributed by atoms with Crippen LogP contribution in [0.3, 0.4) is 0 Å². The summed E-state index contributed by atoms with van der Waals surface area (Å²) in [6, 6.07) is 0. The first-order valence-corrected chi connectivity index (χ1v) is 19.3. The Morgan fingerprint density at radius 1 is 0.476 bits per heavy atom. The van der Waals surface area contributed by atoms with Crippen molar-refractivity contribution in [3.8, 4) is 0 Å². The maximum absolute atomic E-state index is 12.4. The number of unbranched alkanes of at least 4 members (excludes halogenated alkanes) is 29. The topological polar surface area (TPSA) is 75.3 Å². The normalized spacial score (nSPS) is 13.0. The van der Waals surface area contributed by atoms with E-state index in [1.807, 2.05) is 0 Å². The van der Waals surface area contributed by atoms with E-state index in [4.69, 9.17) is 5.73 Å². The second kappa shape index (κ2) is 33.3. The molecule has 1 amide bonds. The van der Waals surface area contributed by atoms with E-state index in [2.05, 4.69) is 19.2 Å². The van der Waals surface area contributed by atoms with Gasteiger partial charge in [0.25, 0.3) is 0 Å². The van der Waals surface area contributed by atoms with Gasteiger partial charge in [-0.1, -0.05) is 200 Å². The second-order valence-electron chi connectivity index (χ2n) is 13.5. The van der Waals surface area contributed by atoms with Crippen LogP contribution in [0.15, 0.2) is 0 Å². The molecule has 0 aromatic heterocycles. The Labute approximate surface area is 264 Å². The van der Waals surface area contributed by atoms with Crippen molar-refractivity contribution in [2.45, 2.75) is 231 Å². The lowest BCUT2D eigenvalue weighted by Crippen LogP contribution is -2.53. The van der Waals surface area contributed by atoms with Crippen molar-refractivity contribution in [3.63, 3.8) is 0 Å². The Hall–Kier alpha value is -0.610. The molecule has 0 aliphatic heterocycles. The molecule has 0 radical (unpaired) electrons. The van der Waals surface area contributed by atoms with E-state index in [1.165, 1.54) is 173 Å². The third-order valence-electron chi connectivity index (χ3n) is 9.16. The molecule has 0 heterocycles. The molecule has 0 saturated heterocycles. The molecular weight excluding hydrogens is 516 g/mol. The number of nitrogens with two attached hydrogens (primary N) is 1. The first kappa shape index (κ1) is 41.4. The van der Waals surface area contributed by atoms with Crippen LogP contribution in [0.1, 0.15) is 226 Å². The van der Waals surface area contributed by atoms with Crippen LogP contribution in [0.5, 0.6) is 0 Å². The van der Waals surface area contributed by atoms with Gasteiger partial charge in [-0.25, -0.2) is 0 Å². The standard InChI is InChI=1S/C38H78N2O2/c1-3-5-7-9-11-13-15-17-19-20-21-22-24-26-28-30-32-34-37(41)40-38(42,36-39)35-33-31-29-27-25-23-18-16-14-12-10-8-6-4-2/h42H,3-36,39H2,1-2H3,(H,40,41). The quantitative estimate of drug-likeness (QED) is 0.0504. The predicted octanol–water partition coefficient (Wildman–Crippen LogP) is 11.7. The van der Waals surface area contributed by atoms with Crippen molar-refractivity contribution in [2.24, 2.45) is 5.73 Å². The van der Waals surface area contributed by atoms with E-state index in [0.29, 0.717) is 12.8 Å². The van der Waals surface area contributed by atoms with Crippen molar-refractivity contribution in [3.05, 3.63) is 0 Å². The van der Waals surface area contributed by atoms with Gasteiger partial charge in [0.1, 0.15) is 5.72 Å². The Balaban J connectivity index is 3.50.